The van der Waals surface area contributed by atoms with Crippen molar-refractivity contribution in [3.8, 4) is 0 Å². The third-order valence-electron chi connectivity index (χ3n) is 5.12. The first-order valence-electron chi connectivity index (χ1n) is 7.90. The van der Waals surface area contributed by atoms with Crippen LogP contribution in [0.1, 0.15) is 35.4 Å². The summed E-state index contributed by atoms with van der Waals surface area (Å²) >= 11 is 7.62. The second-order valence-corrected chi connectivity index (χ2v) is 7.90. The Morgan fingerprint density at radius 1 is 1.13 bits per heavy atom. The van der Waals surface area contributed by atoms with Crippen molar-refractivity contribution < 1.29 is 9.59 Å². The molecule has 2 saturated carbocycles. The van der Waals surface area contributed by atoms with E-state index >= 15 is 0 Å². The van der Waals surface area contributed by atoms with Crippen LogP contribution in [0.15, 0.2) is 24.3 Å². The standard InChI is InChI=1S/C17H17ClN2O2S/c18-14-11-3-1-2-4-13(11)23-15(14)17(22)20-19-16(21)12-8-9-5-6-10(12)7-9/h1-4,9-10,12H,5-8H2,(H,19,21)(H,20,22)/t9-,10-,12+/m0/s1. The van der Waals surface area contributed by atoms with Gasteiger partial charge in [0.15, 0.2) is 0 Å². The number of fused-ring (bicyclic) bond motifs is 3. The molecule has 0 aliphatic heterocycles. The molecule has 3 atom stereocenters. The van der Waals surface area contributed by atoms with Crippen LogP contribution in [0.2, 0.25) is 5.02 Å². The van der Waals surface area contributed by atoms with Crippen LogP contribution in [0.25, 0.3) is 10.1 Å². The maximum Gasteiger partial charge on any atom is 0.281 e. The number of benzene rings is 1. The van der Waals surface area contributed by atoms with Crippen molar-refractivity contribution in [2.75, 3.05) is 0 Å². The lowest BCUT2D eigenvalue weighted by Gasteiger charge is -2.20. The second kappa shape index (κ2) is 5.80. The number of thiophene rings is 1. The summed E-state index contributed by atoms with van der Waals surface area (Å²) in [5, 5.41) is 1.31. The molecule has 6 heteroatoms. The lowest BCUT2D eigenvalue weighted by Crippen LogP contribution is -2.45. The molecule has 0 saturated heterocycles. The normalized spacial score (nSPS) is 25.7. The zero-order chi connectivity index (χ0) is 16.0. The lowest BCUT2D eigenvalue weighted by molar-refractivity contribution is -0.127. The maximum atomic E-state index is 12.3. The molecule has 120 valence electrons. The number of carbonyl (C=O) groups excluding carboxylic acids is 2. The van der Waals surface area contributed by atoms with Gasteiger partial charge >= 0.3 is 0 Å². The van der Waals surface area contributed by atoms with Crippen LogP contribution in [-0.2, 0) is 4.79 Å². The lowest BCUT2D eigenvalue weighted by atomic mass is 9.88. The van der Waals surface area contributed by atoms with Gasteiger partial charge in [-0.25, -0.2) is 0 Å². The number of nitrogens with one attached hydrogen (secondary N) is 2. The Hall–Kier alpha value is -1.59. The van der Waals surface area contributed by atoms with E-state index in [0.29, 0.717) is 21.7 Å². The molecule has 4 rings (SSSR count). The summed E-state index contributed by atoms with van der Waals surface area (Å²) in [5.41, 5.74) is 5.11. The van der Waals surface area contributed by atoms with E-state index in [1.54, 1.807) is 0 Å². The van der Waals surface area contributed by atoms with Gasteiger partial charge in [-0.05, 0) is 37.2 Å². The summed E-state index contributed by atoms with van der Waals surface area (Å²) in [4.78, 5) is 25.0. The molecule has 1 heterocycles. The van der Waals surface area contributed by atoms with Gasteiger partial charge < -0.3 is 0 Å². The number of hydrazine groups is 1. The van der Waals surface area contributed by atoms with E-state index in [0.717, 1.165) is 29.3 Å². The Kier molecular flexibility index (Phi) is 3.77. The number of halogens is 1. The molecule has 2 aromatic rings. The zero-order valence-electron chi connectivity index (χ0n) is 12.5. The van der Waals surface area contributed by atoms with Crippen LogP contribution in [0.4, 0.5) is 0 Å². The molecule has 2 bridgehead atoms. The average molecular weight is 349 g/mol. The van der Waals surface area contributed by atoms with E-state index in [9.17, 15) is 9.59 Å². The molecular weight excluding hydrogens is 332 g/mol. The summed E-state index contributed by atoms with van der Waals surface area (Å²) in [5.74, 6) is 0.815. The molecule has 2 aliphatic rings. The first-order chi connectivity index (χ1) is 11.1. The van der Waals surface area contributed by atoms with Crippen LogP contribution >= 0.6 is 22.9 Å². The summed E-state index contributed by atoms with van der Waals surface area (Å²) in [6, 6.07) is 7.61. The molecule has 1 aromatic heterocycles. The van der Waals surface area contributed by atoms with Crippen LogP contribution in [0.5, 0.6) is 0 Å². The fourth-order valence-electron chi connectivity index (χ4n) is 3.99. The average Bonchev–Trinajstić information content (AvgIpc) is 3.27. The molecule has 1 aromatic carbocycles. The molecule has 0 unspecified atom stereocenters. The van der Waals surface area contributed by atoms with Gasteiger partial charge in [-0.3, -0.25) is 20.4 Å². The quantitative estimate of drug-likeness (QED) is 0.812. The zero-order valence-corrected chi connectivity index (χ0v) is 14.0. The minimum absolute atomic E-state index is 0.0481. The maximum absolute atomic E-state index is 12.3. The number of carbonyl (C=O) groups is 2. The van der Waals surface area contributed by atoms with Crippen LogP contribution in [0.3, 0.4) is 0 Å². The Bertz CT molecular complexity index is 788. The minimum Gasteiger partial charge on any atom is -0.273 e. The Balaban J connectivity index is 1.43. The van der Waals surface area contributed by atoms with Crippen LogP contribution in [0, 0.1) is 17.8 Å². The summed E-state index contributed by atoms with van der Waals surface area (Å²) < 4.78 is 0.960. The number of rotatable bonds is 2. The van der Waals surface area contributed by atoms with Gasteiger partial charge in [-0.1, -0.05) is 36.2 Å². The smallest absolute Gasteiger partial charge is 0.273 e. The van der Waals surface area contributed by atoms with Crippen molar-refractivity contribution in [1.82, 2.24) is 10.9 Å². The van der Waals surface area contributed by atoms with E-state index in [2.05, 4.69) is 10.9 Å². The number of hydrogen-bond acceptors (Lipinski definition) is 3. The van der Waals surface area contributed by atoms with Crippen LogP contribution < -0.4 is 10.9 Å². The molecule has 0 radical (unpaired) electrons. The highest BCUT2D eigenvalue weighted by molar-refractivity contribution is 7.21. The van der Waals surface area contributed by atoms with Gasteiger partial charge in [0, 0.05) is 16.0 Å². The van der Waals surface area contributed by atoms with Gasteiger partial charge in [0.1, 0.15) is 4.88 Å². The van der Waals surface area contributed by atoms with Gasteiger partial charge in [-0.15, -0.1) is 11.3 Å². The predicted octanol–water partition coefficient (Wildman–Crippen LogP) is 3.75. The molecule has 2 aliphatic carbocycles. The highest BCUT2D eigenvalue weighted by atomic mass is 35.5. The summed E-state index contributed by atoms with van der Waals surface area (Å²) in [6.07, 6.45) is 4.50. The van der Waals surface area contributed by atoms with Crippen molar-refractivity contribution in [3.05, 3.63) is 34.2 Å². The van der Waals surface area contributed by atoms with E-state index < -0.39 is 0 Å². The van der Waals surface area contributed by atoms with E-state index in [4.69, 9.17) is 11.6 Å². The Morgan fingerprint density at radius 2 is 1.96 bits per heavy atom. The highest BCUT2D eigenvalue weighted by Gasteiger charge is 2.43. The van der Waals surface area contributed by atoms with E-state index in [1.807, 2.05) is 24.3 Å². The van der Waals surface area contributed by atoms with Crippen LogP contribution in [-0.4, -0.2) is 11.8 Å². The van der Waals surface area contributed by atoms with Crippen molar-refractivity contribution in [3.63, 3.8) is 0 Å². The number of amides is 2. The summed E-state index contributed by atoms with van der Waals surface area (Å²) in [6.45, 7) is 0. The number of hydrogen-bond donors (Lipinski definition) is 2. The Labute approximate surface area is 143 Å². The predicted molar refractivity (Wildman–Crippen MR) is 91.4 cm³/mol. The topological polar surface area (TPSA) is 58.2 Å². The monoisotopic (exact) mass is 348 g/mol. The van der Waals surface area contributed by atoms with Crippen molar-refractivity contribution in [2.45, 2.75) is 25.7 Å². The molecule has 2 fully saturated rings. The third kappa shape index (κ3) is 2.62. The van der Waals surface area contributed by atoms with E-state index in [1.165, 1.54) is 17.8 Å². The molecule has 4 nitrogen and oxygen atoms in total. The molecule has 2 amide bonds. The first kappa shape index (κ1) is 15.0. The molecular formula is C17H17ClN2O2S. The van der Waals surface area contributed by atoms with Crippen molar-refractivity contribution in [1.29, 1.82) is 0 Å². The molecule has 2 N–H and O–H groups in total. The second-order valence-electron chi connectivity index (χ2n) is 6.47. The largest absolute Gasteiger partial charge is 0.281 e. The fraction of sp³-hybridized carbons (Fsp3) is 0.412. The van der Waals surface area contributed by atoms with Gasteiger partial charge in [-0.2, -0.15) is 0 Å². The Morgan fingerprint density at radius 3 is 2.65 bits per heavy atom. The van der Waals surface area contributed by atoms with Gasteiger partial charge in [0.05, 0.1) is 5.02 Å². The minimum atomic E-state index is -0.354. The first-order valence-corrected chi connectivity index (χ1v) is 9.10. The van der Waals surface area contributed by atoms with E-state index in [-0.39, 0.29) is 17.7 Å². The SMILES string of the molecule is O=C(NNC(=O)[C@@H]1C[C@H]2CC[C@H]1C2)c1sc2ccccc2c1Cl. The van der Waals surface area contributed by atoms with Gasteiger partial charge in [0.2, 0.25) is 5.91 Å². The van der Waals surface area contributed by atoms with Crippen molar-refractivity contribution >= 4 is 44.8 Å². The molecule has 0 spiro atoms. The third-order valence-corrected chi connectivity index (χ3v) is 6.79. The van der Waals surface area contributed by atoms with Gasteiger partial charge in [0.25, 0.3) is 5.91 Å². The highest BCUT2D eigenvalue weighted by Crippen LogP contribution is 2.48. The molecule has 23 heavy (non-hydrogen) atoms. The summed E-state index contributed by atoms with van der Waals surface area (Å²) in [7, 11) is 0. The fourth-order valence-corrected chi connectivity index (χ4v) is 5.41. The van der Waals surface area contributed by atoms with Crippen molar-refractivity contribution in [2.24, 2.45) is 17.8 Å².